The normalized spacial score (nSPS) is 17.7. The molecule has 0 aromatic carbocycles. The molecule has 1 saturated carbocycles. The predicted molar refractivity (Wildman–Crippen MR) is 64.3 cm³/mol. The molecule has 1 atom stereocenters. The van der Waals surface area contributed by atoms with Gasteiger partial charge >= 0.3 is 0 Å². The van der Waals surface area contributed by atoms with Crippen molar-refractivity contribution in [3.63, 3.8) is 0 Å². The first-order valence-electron chi connectivity index (χ1n) is 4.99. The minimum absolute atomic E-state index is 0.175. The number of ether oxygens (including phenoxy) is 1. The molecule has 0 bridgehead atoms. The highest BCUT2D eigenvalue weighted by Gasteiger charge is 2.35. The minimum Gasteiger partial charge on any atom is -0.373 e. The molecule has 82 valence electrons. The first kappa shape index (κ1) is 11.3. The second-order valence-electron chi connectivity index (χ2n) is 3.87. The topological polar surface area (TPSA) is 26.3 Å². The standard InChI is InChI=1S/C11H13BrO2S/c1-14-11(7-2-3-7)10(13)5-9-4-8(12)6-15-9/h4,6-7,11H,2-3,5H2,1H3. The molecule has 1 aliphatic carbocycles. The van der Waals surface area contributed by atoms with Crippen molar-refractivity contribution in [1.29, 1.82) is 0 Å². The van der Waals surface area contributed by atoms with Crippen LogP contribution in [0.25, 0.3) is 0 Å². The Kier molecular flexibility index (Phi) is 3.59. The Labute approximate surface area is 102 Å². The highest BCUT2D eigenvalue weighted by molar-refractivity contribution is 9.10. The van der Waals surface area contributed by atoms with E-state index in [1.165, 1.54) is 0 Å². The Balaban J connectivity index is 1.95. The van der Waals surface area contributed by atoms with Gasteiger partial charge in [-0.2, -0.15) is 0 Å². The van der Waals surface area contributed by atoms with Crippen molar-refractivity contribution >= 4 is 33.0 Å². The molecular weight excluding hydrogens is 276 g/mol. The van der Waals surface area contributed by atoms with Gasteiger partial charge in [-0.05, 0) is 40.8 Å². The molecule has 0 N–H and O–H groups in total. The van der Waals surface area contributed by atoms with Crippen molar-refractivity contribution in [3.8, 4) is 0 Å². The second kappa shape index (κ2) is 4.76. The van der Waals surface area contributed by atoms with Crippen molar-refractivity contribution in [2.75, 3.05) is 7.11 Å². The first-order chi connectivity index (χ1) is 7.20. The van der Waals surface area contributed by atoms with E-state index in [1.807, 2.05) is 11.4 Å². The van der Waals surface area contributed by atoms with Crippen LogP contribution in [-0.4, -0.2) is 19.0 Å². The molecule has 0 amide bonds. The lowest BCUT2D eigenvalue weighted by Gasteiger charge is -2.11. The van der Waals surface area contributed by atoms with Crippen LogP contribution in [0.3, 0.4) is 0 Å². The Morgan fingerprint density at radius 1 is 1.73 bits per heavy atom. The lowest BCUT2D eigenvalue weighted by atomic mass is 10.1. The van der Waals surface area contributed by atoms with Crippen LogP contribution in [0.4, 0.5) is 0 Å². The Hall–Kier alpha value is -0.190. The average molecular weight is 289 g/mol. The van der Waals surface area contributed by atoms with Gasteiger partial charge in [0.2, 0.25) is 0 Å². The van der Waals surface area contributed by atoms with Crippen LogP contribution < -0.4 is 0 Å². The van der Waals surface area contributed by atoms with Crippen molar-refractivity contribution in [3.05, 3.63) is 20.8 Å². The minimum atomic E-state index is -0.175. The second-order valence-corrected chi connectivity index (χ2v) is 5.78. The number of Topliss-reactive ketones (excluding diaryl/α,β-unsaturated/α-hetero) is 1. The molecule has 2 rings (SSSR count). The van der Waals surface area contributed by atoms with Crippen LogP contribution in [0.5, 0.6) is 0 Å². The number of methoxy groups -OCH3 is 1. The smallest absolute Gasteiger partial charge is 0.166 e. The van der Waals surface area contributed by atoms with Gasteiger partial charge in [0, 0.05) is 28.3 Å². The SMILES string of the molecule is COC(C(=O)Cc1cc(Br)cs1)C1CC1. The fourth-order valence-corrected chi connectivity index (χ4v) is 3.17. The zero-order chi connectivity index (χ0) is 10.8. The van der Waals surface area contributed by atoms with Gasteiger partial charge in [-0.25, -0.2) is 0 Å². The number of rotatable bonds is 5. The molecule has 1 fully saturated rings. The van der Waals surface area contributed by atoms with E-state index in [1.54, 1.807) is 18.4 Å². The summed E-state index contributed by atoms with van der Waals surface area (Å²) in [5, 5.41) is 2.00. The first-order valence-corrected chi connectivity index (χ1v) is 6.66. The molecule has 1 aromatic rings. The van der Waals surface area contributed by atoms with Crippen molar-refractivity contribution < 1.29 is 9.53 Å². The third kappa shape index (κ3) is 2.89. The number of halogens is 1. The number of carbonyl (C=O) groups is 1. The Morgan fingerprint density at radius 2 is 2.47 bits per heavy atom. The summed E-state index contributed by atoms with van der Waals surface area (Å²) < 4.78 is 6.31. The molecule has 0 aliphatic heterocycles. The van der Waals surface area contributed by atoms with Gasteiger partial charge in [-0.1, -0.05) is 0 Å². The number of ketones is 1. The number of hydrogen-bond acceptors (Lipinski definition) is 3. The fraction of sp³-hybridized carbons (Fsp3) is 0.545. The molecule has 1 heterocycles. The van der Waals surface area contributed by atoms with Crippen LogP contribution in [-0.2, 0) is 16.0 Å². The average Bonchev–Trinajstić information content (AvgIpc) is 2.93. The van der Waals surface area contributed by atoms with Gasteiger partial charge in [0.1, 0.15) is 6.10 Å². The van der Waals surface area contributed by atoms with Crippen LogP contribution in [0.2, 0.25) is 0 Å². The van der Waals surface area contributed by atoms with Crippen molar-refractivity contribution in [2.45, 2.75) is 25.4 Å². The fourth-order valence-electron chi connectivity index (χ4n) is 1.70. The highest BCUT2D eigenvalue weighted by atomic mass is 79.9. The maximum Gasteiger partial charge on any atom is 0.166 e. The summed E-state index contributed by atoms with van der Waals surface area (Å²) in [6.07, 6.45) is 2.60. The van der Waals surface area contributed by atoms with E-state index in [0.29, 0.717) is 12.3 Å². The lowest BCUT2D eigenvalue weighted by molar-refractivity contribution is -0.129. The number of hydrogen-bond donors (Lipinski definition) is 0. The van der Waals surface area contributed by atoms with Crippen LogP contribution in [0, 0.1) is 5.92 Å². The summed E-state index contributed by atoms with van der Waals surface area (Å²) >= 11 is 5.00. The summed E-state index contributed by atoms with van der Waals surface area (Å²) in [7, 11) is 1.63. The van der Waals surface area contributed by atoms with Gasteiger partial charge in [0.15, 0.2) is 5.78 Å². The molecule has 1 aromatic heterocycles. The summed E-state index contributed by atoms with van der Waals surface area (Å²) in [4.78, 5) is 13.0. The molecule has 0 saturated heterocycles. The quantitative estimate of drug-likeness (QED) is 0.832. The summed E-state index contributed by atoms with van der Waals surface area (Å²) in [6, 6.07) is 2.00. The highest BCUT2D eigenvalue weighted by Crippen LogP contribution is 2.35. The van der Waals surface area contributed by atoms with E-state index < -0.39 is 0 Å². The third-order valence-corrected chi connectivity index (χ3v) is 4.29. The molecule has 1 aliphatic rings. The summed E-state index contributed by atoms with van der Waals surface area (Å²) in [5.41, 5.74) is 0. The van der Waals surface area contributed by atoms with Crippen LogP contribution in [0.1, 0.15) is 17.7 Å². The van der Waals surface area contributed by atoms with E-state index >= 15 is 0 Å². The van der Waals surface area contributed by atoms with E-state index in [9.17, 15) is 4.79 Å². The Bertz CT molecular complexity index is 357. The predicted octanol–water partition coefficient (Wildman–Crippen LogP) is 3.05. The third-order valence-electron chi connectivity index (χ3n) is 2.59. The van der Waals surface area contributed by atoms with Crippen molar-refractivity contribution in [1.82, 2.24) is 0 Å². The molecule has 2 nitrogen and oxygen atoms in total. The van der Waals surface area contributed by atoms with Crippen LogP contribution in [0.15, 0.2) is 15.9 Å². The van der Waals surface area contributed by atoms with Gasteiger partial charge in [-0.3, -0.25) is 4.79 Å². The molecule has 4 heteroatoms. The molecule has 0 radical (unpaired) electrons. The van der Waals surface area contributed by atoms with E-state index in [0.717, 1.165) is 22.2 Å². The molecule has 0 spiro atoms. The van der Waals surface area contributed by atoms with E-state index in [4.69, 9.17) is 4.74 Å². The van der Waals surface area contributed by atoms with Gasteiger partial charge in [0.05, 0.1) is 0 Å². The molecule has 1 unspecified atom stereocenters. The van der Waals surface area contributed by atoms with Gasteiger partial charge < -0.3 is 4.74 Å². The summed E-state index contributed by atoms with van der Waals surface area (Å²) in [5.74, 6) is 0.695. The van der Waals surface area contributed by atoms with Crippen molar-refractivity contribution in [2.24, 2.45) is 5.92 Å². The van der Waals surface area contributed by atoms with Gasteiger partial charge in [-0.15, -0.1) is 11.3 Å². The maximum absolute atomic E-state index is 11.9. The van der Waals surface area contributed by atoms with E-state index in [2.05, 4.69) is 15.9 Å². The Morgan fingerprint density at radius 3 is 2.93 bits per heavy atom. The molecule has 15 heavy (non-hydrogen) atoms. The molecular formula is C11H13BrO2S. The van der Waals surface area contributed by atoms with Gasteiger partial charge in [0.25, 0.3) is 0 Å². The zero-order valence-corrected chi connectivity index (χ0v) is 10.9. The lowest BCUT2D eigenvalue weighted by Crippen LogP contribution is -2.26. The monoisotopic (exact) mass is 288 g/mol. The van der Waals surface area contributed by atoms with E-state index in [-0.39, 0.29) is 11.9 Å². The largest absolute Gasteiger partial charge is 0.373 e. The number of carbonyl (C=O) groups excluding carboxylic acids is 1. The van der Waals surface area contributed by atoms with Crippen LogP contribution >= 0.6 is 27.3 Å². The number of thiophene rings is 1. The zero-order valence-electron chi connectivity index (χ0n) is 8.53. The summed E-state index contributed by atoms with van der Waals surface area (Å²) in [6.45, 7) is 0. The maximum atomic E-state index is 11.9.